The first kappa shape index (κ1) is 18.5. The van der Waals surface area contributed by atoms with Crippen molar-refractivity contribution in [2.24, 2.45) is 0 Å². The highest BCUT2D eigenvalue weighted by atomic mass is 19.1. The molecule has 1 heterocycles. The van der Waals surface area contributed by atoms with Crippen molar-refractivity contribution in [3.05, 3.63) is 89.0 Å². The quantitative estimate of drug-likeness (QED) is 0.682. The molecule has 144 valence electrons. The van der Waals surface area contributed by atoms with Gasteiger partial charge in [0.05, 0.1) is 16.7 Å². The van der Waals surface area contributed by atoms with E-state index in [-0.39, 0.29) is 27.8 Å². The molecular formula is C22H14F2N2O3. The molecule has 1 aliphatic rings. The van der Waals surface area contributed by atoms with Gasteiger partial charge in [0.25, 0.3) is 17.7 Å². The van der Waals surface area contributed by atoms with Gasteiger partial charge in [0.2, 0.25) is 0 Å². The van der Waals surface area contributed by atoms with Crippen LogP contribution in [0.15, 0.2) is 60.7 Å². The van der Waals surface area contributed by atoms with Crippen molar-refractivity contribution in [2.45, 2.75) is 0 Å². The Morgan fingerprint density at radius 3 is 2.24 bits per heavy atom. The van der Waals surface area contributed by atoms with E-state index >= 15 is 0 Å². The molecular weight excluding hydrogens is 378 g/mol. The summed E-state index contributed by atoms with van der Waals surface area (Å²) in [5, 5.41) is 2.64. The van der Waals surface area contributed by atoms with E-state index < -0.39 is 29.4 Å². The first-order valence-corrected chi connectivity index (χ1v) is 8.69. The molecule has 0 atom stereocenters. The van der Waals surface area contributed by atoms with Crippen LogP contribution in [0.4, 0.5) is 14.5 Å². The molecule has 0 unspecified atom stereocenters. The van der Waals surface area contributed by atoms with E-state index in [1.165, 1.54) is 55.6 Å². The fraction of sp³-hybridized carbons (Fsp3) is 0.0455. The Labute approximate surface area is 164 Å². The van der Waals surface area contributed by atoms with E-state index in [2.05, 4.69) is 5.32 Å². The number of hydrogen-bond donors (Lipinski definition) is 1. The lowest BCUT2D eigenvalue weighted by atomic mass is 10.0. The molecule has 3 amide bonds. The third kappa shape index (κ3) is 3.16. The van der Waals surface area contributed by atoms with Crippen LogP contribution in [0.3, 0.4) is 0 Å². The van der Waals surface area contributed by atoms with Gasteiger partial charge in [-0.05, 0) is 48.0 Å². The monoisotopic (exact) mass is 392 g/mol. The number of fused-ring (bicyclic) bond motifs is 1. The molecule has 0 aromatic heterocycles. The zero-order valence-electron chi connectivity index (χ0n) is 15.2. The minimum atomic E-state index is -0.728. The second-order valence-electron chi connectivity index (χ2n) is 6.56. The summed E-state index contributed by atoms with van der Waals surface area (Å²) in [5.74, 6) is -2.82. The van der Waals surface area contributed by atoms with Gasteiger partial charge in [-0.2, -0.15) is 0 Å². The second kappa shape index (κ2) is 6.94. The minimum absolute atomic E-state index is 0.185. The molecule has 3 aromatic carbocycles. The van der Waals surface area contributed by atoms with E-state index in [1.54, 1.807) is 0 Å². The molecule has 0 radical (unpaired) electrons. The van der Waals surface area contributed by atoms with Crippen LogP contribution < -0.4 is 5.32 Å². The van der Waals surface area contributed by atoms with Gasteiger partial charge in [-0.3, -0.25) is 19.3 Å². The number of hydrogen-bond acceptors (Lipinski definition) is 3. The van der Waals surface area contributed by atoms with Gasteiger partial charge >= 0.3 is 0 Å². The second-order valence-corrected chi connectivity index (χ2v) is 6.56. The Hall–Kier alpha value is -3.87. The van der Waals surface area contributed by atoms with Crippen LogP contribution in [0.5, 0.6) is 0 Å². The fourth-order valence-electron chi connectivity index (χ4n) is 3.23. The minimum Gasteiger partial charge on any atom is -0.322 e. The molecule has 3 aromatic rings. The van der Waals surface area contributed by atoms with Crippen LogP contribution in [0, 0.1) is 11.6 Å². The fourth-order valence-corrected chi connectivity index (χ4v) is 3.23. The lowest BCUT2D eigenvalue weighted by Crippen LogP contribution is -2.24. The maximum Gasteiger partial charge on any atom is 0.261 e. The van der Waals surface area contributed by atoms with Crippen molar-refractivity contribution in [3.63, 3.8) is 0 Å². The van der Waals surface area contributed by atoms with Gasteiger partial charge in [-0.1, -0.05) is 18.2 Å². The largest absolute Gasteiger partial charge is 0.322 e. The molecule has 0 saturated carbocycles. The predicted molar refractivity (Wildman–Crippen MR) is 103 cm³/mol. The number of benzene rings is 3. The summed E-state index contributed by atoms with van der Waals surface area (Å²) in [5.41, 5.74) is 0.999. The molecule has 5 nitrogen and oxygen atoms in total. The molecule has 0 spiro atoms. The molecule has 7 heteroatoms. The van der Waals surface area contributed by atoms with Gasteiger partial charge < -0.3 is 5.32 Å². The summed E-state index contributed by atoms with van der Waals surface area (Å²) < 4.78 is 28.1. The lowest BCUT2D eigenvalue weighted by molar-refractivity contribution is 0.0692. The van der Waals surface area contributed by atoms with Crippen LogP contribution in [-0.2, 0) is 0 Å². The number of rotatable bonds is 3. The summed E-state index contributed by atoms with van der Waals surface area (Å²) in [4.78, 5) is 37.7. The SMILES string of the molecule is CN1C(=O)c2ccc(NC(=O)c3cccc(-c4c(F)cccc4F)c3)cc2C1=O. The van der Waals surface area contributed by atoms with Gasteiger partial charge in [0.1, 0.15) is 11.6 Å². The number of nitrogens with zero attached hydrogens (tertiary/aromatic N) is 1. The van der Waals surface area contributed by atoms with E-state index in [1.807, 2.05) is 0 Å². The Morgan fingerprint density at radius 1 is 0.862 bits per heavy atom. The standard InChI is InChI=1S/C22H14F2N2O3/c1-26-21(28)15-9-8-14(11-16(15)22(26)29)25-20(27)13-5-2-4-12(10-13)19-17(23)6-3-7-18(19)24/h2-11H,1H3,(H,25,27). The maximum absolute atomic E-state index is 14.0. The Kier molecular flexibility index (Phi) is 4.43. The molecule has 0 aliphatic carbocycles. The van der Waals surface area contributed by atoms with Crippen LogP contribution in [-0.4, -0.2) is 29.7 Å². The highest BCUT2D eigenvalue weighted by molar-refractivity contribution is 6.21. The first-order valence-electron chi connectivity index (χ1n) is 8.69. The highest BCUT2D eigenvalue weighted by Crippen LogP contribution is 2.28. The Morgan fingerprint density at radius 2 is 1.52 bits per heavy atom. The molecule has 0 saturated heterocycles. The van der Waals surface area contributed by atoms with Crippen molar-refractivity contribution in [2.75, 3.05) is 12.4 Å². The number of nitrogens with one attached hydrogen (secondary N) is 1. The van der Waals surface area contributed by atoms with Crippen LogP contribution >= 0.6 is 0 Å². The van der Waals surface area contributed by atoms with E-state index in [4.69, 9.17) is 0 Å². The maximum atomic E-state index is 14.0. The van der Waals surface area contributed by atoms with Crippen LogP contribution in [0.1, 0.15) is 31.1 Å². The number of halogens is 2. The van der Waals surface area contributed by atoms with Crippen molar-refractivity contribution in [3.8, 4) is 11.1 Å². The Balaban J connectivity index is 1.62. The summed E-state index contributed by atoms with van der Waals surface area (Å²) >= 11 is 0. The first-order chi connectivity index (χ1) is 13.9. The lowest BCUT2D eigenvalue weighted by Gasteiger charge is -2.09. The van der Waals surface area contributed by atoms with Crippen molar-refractivity contribution >= 4 is 23.4 Å². The van der Waals surface area contributed by atoms with Crippen LogP contribution in [0.25, 0.3) is 11.1 Å². The smallest absolute Gasteiger partial charge is 0.261 e. The van der Waals surface area contributed by atoms with E-state index in [9.17, 15) is 23.2 Å². The predicted octanol–water partition coefficient (Wildman–Crippen LogP) is 4.11. The molecule has 4 rings (SSSR count). The molecule has 1 N–H and O–H groups in total. The average Bonchev–Trinajstić information content (AvgIpc) is 2.92. The molecule has 0 bridgehead atoms. The summed E-state index contributed by atoms with van der Waals surface area (Å²) in [7, 11) is 1.39. The number of carbonyl (C=O) groups excluding carboxylic acids is 3. The third-order valence-corrected chi connectivity index (χ3v) is 4.72. The van der Waals surface area contributed by atoms with E-state index in [0.717, 1.165) is 17.0 Å². The van der Waals surface area contributed by atoms with Crippen molar-refractivity contribution in [1.29, 1.82) is 0 Å². The number of carbonyl (C=O) groups is 3. The summed E-state index contributed by atoms with van der Waals surface area (Å²) in [6, 6.07) is 13.9. The van der Waals surface area contributed by atoms with Gasteiger partial charge in [0.15, 0.2) is 0 Å². The van der Waals surface area contributed by atoms with Crippen LogP contribution in [0.2, 0.25) is 0 Å². The van der Waals surface area contributed by atoms with E-state index in [0.29, 0.717) is 5.69 Å². The van der Waals surface area contributed by atoms with Gasteiger partial charge in [-0.25, -0.2) is 8.78 Å². The van der Waals surface area contributed by atoms with Crippen molar-refractivity contribution < 1.29 is 23.2 Å². The zero-order valence-corrected chi connectivity index (χ0v) is 15.2. The summed E-state index contributed by atoms with van der Waals surface area (Å²) in [6.07, 6.45) is 0. The Bertz CT molecular complexity index is 1170. The average molecular weight is 392 g/mol. The number of amides is 3. The van der Waals surface area contributed by atoms with Crippen molar-refractivity contribution in [1.82, 2.24) is 4.90 Å². The molecule has 0 fully saturated rings. The van der Waals surface area contributed by atoms with Gasteiger partial charge in [0, 0.05) is 18.3 Å². The number of imide groups is 1. The molecule has 1 aliphatic heterocycles. The number of anilines is 1. The zero-order chi connectivity index (χ0) is 20.7. The molecule has 29 heavy (non-hydrogen) atoms. The third-order valence-electron chi connectivity index (χ3n) is 4.72. The van der Waals surface area contributed by atoms with Gasteiger partial charge in [-0.15, -0.1) is 0 Å². The topological polar surface area (TPSA) is 66.5 Å². The summed E-state index contributed by atoms with van der Waals surface area (Å²) in [6.45, 7) is 0. The highest BCUT2D eigenvalue weighted by Gasteiger charge is 2.32. The normalized spacial score (nSPS) is 12.9.